The van der Waals surface area contributed by atoms with Crippen molar-refractivity contribution in [3.63, 3.8) is 0 Å². The Morgan fingerprint density at radius 3 is 2.60 bits per heavy atom. The summed E-state index contributed by atoms with van der Waals surface area (Å²) >= 11 is 0. The SMILES string of the molecule is COc1ccc(C2CC2C(=O)c2cccc(N)c2)cc1. The molecule has 3 heteroatoms. The average molecular weight is 267 g/mol. The number of carbonyl (C=O) groups is 1. The Morgan fingerprint density at radius 1 is 1.20 bits per heavy atom. The molecule has 2 aromatic rings. The van der Waals surface area contributed by atoms with Crippen LogP contribution in [0.2, 0.25) is 0 Å². The van der Waals surface area contributed by atoms with Crippen LogP contribution in [0.15, 0.2) is 48.5 Å². The Hall–Kier alpha value is -2.29. The van der Waals surface area contributed by atoms with E-state index in [0.717, 1.165) is 12.2 Å². The van der Waals surface area contributed by atoms with Gasteiger partial charge in [-0.05, 0) is 42.2 Å². The van der Waals surface area contributed by atoms with Crippen LogP contribution in [0.25, 0.3) is 0 Å². The lowest BCUT2D eigenvalue weighted by Gasteiger charge is -2.04. The highest BCUT2D eigenvalue weighted by molar-refractivity contribution is 6.00. The van der Waals surface area contributed by atoms with Gasteiger partial charge in [0.15, 0.2) is 5.78 Å². The number of nitrogens with two attached hydrogens (primary N) is 1. The summed E-state index contributed by atoms with van der Waals surface area (Å²) in [5, 5.41) is 0. The predicted molar refractivity (Wildman–Crippen MR) is 79.0 cm³/mol. The molecule has 2 aromatic carbocycles. The van der Waals surface area contributed by atoms with Crippen LogP contribution in [-0.2, 0) is 0 Å². The van der Waals surface area contributed by atoms with Crippen LogP contribution in [0.1, 0.15) is 28.3 Å². The van der Waals surface area contributed by atoms with Crippen molar-refractivity contribution in [2.45, 2.75) is 12.3 Å². The first-order chi connectivity index (χ1) is 9.69. The number of benzene rings is 2. The number of rotatable bonds is 4. The van der Waals surface area contributed by atoms with Crippen molar-refractivity contribution in [1.82, 2.24) is 0 Å². The summed E-state index contributed by atoms with van der Waals surface area (Å²) in [4.78, 5) is 12.4. The van der Waals surface area contributed by atoms with E-state index in [0.29, 0.717) is 17.2 Å². The highest BCUT2D eigenvalue weighted by Crippen LogP contribution is 2.49. The maximum absolute atomic E-state index is 12.4. The molecule has 3 rings (SSSR count). The number of methoxy groups -OCH3 is 1. The van der Waals surface area contributed by atoms with E-state index in [1.807, 2.05) is 36.4 Å². The molecule has 0 aliphatic heterocycles. The van der Waals surface area contributed by atoms with Crippen molar-refractivity contribution in [1.29, 1.82) is 0 Å². The van der Waals surface area contributed by atoms with E-state index < -0.39 is 0 Å². The zero-order chi connectivity index (χ0) is 14.1. The molecule has 1 saturated carbocycles. The lowest BCUT2D eigenvalue weighted by atomic mass is 10.0. The van der Waals surface area contributed by atoms with Gasteiger partial charge in [-0.1, -0.05) is 24.3 Å². The van der Waals surface area contributed by atoms with Gasteiger partial charge in [0, 0.05) is 17.2 Å². The number of carbonyl (C=O) groups excluding carboxylic acids is 1. The number of anilines is 1. The van der Waals surface area contributed by atoms with E-state index in [1.165, 1.54) is 5.56 Å². The summed E-state index contributed by atoms with van der Waals surface area (Å²) in [6.07, 6.45) is 0.917. The van der Waals surface area contributed by atoms with Gasteiger partial charge in [-0.25, -0.2) is 0 Å². The minimum absolute atomic E-state index is 0.0881. The summed E-state index contributed by atoms with van der Waals surface area (Å²) in [7, 11) is 1.65. The molecule has 0 saturated heterocycles. The number of hydrogen-bond donors (Lipinski definition) is 1. The Balaban J connectivity index is 1.73. The smallest absolute Gasteiger partial charge is 0.166 e. The van der Waals surface area contributed by atoms with Crippen LogP contribution in [0.5, 0.6) is 5.75 Å². The molecular weight excluding hydrogens is 250 g/mol. The molecule has 0 aromatic heterocycles. The first-order valence-electron chi connectivity index (χ1n) is 6.73. The molecule has 102 valence electrons. The topological polar surface area (TPSA) is 52.3 Å². The highest BCUT2D eigenvalue weighted by atomic mass is 16.5. The van der Waals surface area contributed by atoms with E-state index in [1.54, 1.807) is 19.2 Å². The van der Waals surface area contributed by atoms with Gasteiger partial charge in [0.25, 0.3) is 0 Å². The summed E-state index contributed by atoms with van der Waals surface area (Å²) in [6, 6.07) is 15.2. The summed E-state index contributed by atoms with van der Waals surface area (Å²) in [5.41, 5.74) is 8.28. The van der Waals surface area contributed by atoms with E-state index >= 15 is 0 Å². The lowest BCUT2D eigenvalue weighted by Crippen LogP contribution is -2.03. The van der Waals surface area contributed by atoms with Crippen LogP contribution in [0.3, 0.4) is 0 Å². The van der Waals surface area contributed by atoms with Gasteiger partial charge in [-0.2, -0.15) is 0 Å². The van der Waals surface area contributed by atoms with Crippen molar-refractivity contribution >= 4 is 11.5 Å². The fourth-order valence-corrected chi connectivity index (χ4v) is 2.61. The van der Waals surface area contributed by atoms with Gasteiger partial charge in [-0.15, -0.1) is 0 Å². The standard InChI is InChI=1S/C17H17NO2/c1-20-14-7-5-11(6-8-14)15-10-16(15)17(19)12-3-2-4-13(18)9-12/h2-9,15-16H,10,18H2,1H3. The minimum Gasteiger partial charge on any atom is -0.497 e. The maximum atomic E-state index is 12.4. The molecule has 0 bridgehead atoms. The van der Waals surface area contributed by atoms with Crippen molar-refractivity contribution in [2.24, 2.45) is 5.92 Å². The van der Waals surface area contributed by atoms with Crippen molar-refractivity contribution in [3.8, 4) is 5.75 Å². The highest BCUT2D eigenvalue weighted by Gasteiger charge is 2.43. The molecule has 1 fully saturated rings. The van der Waals surface area contributed by atoms with E-state index in [2.05, 4.69) is 0 Å². The molecule has 1 aliphatic carbocycles. The van der Waals surface area contributed by atoms with Crippen molar-refractivity contribution in [2.75, 3.05) is 12.8 Å². The first kappa shape index (κ1) is 12.7. The molecule has 0 spiro atoms. The lowest BCUT2D eigenvalue weighted by molar-refractivity contribution is 0.0965. The molecule has 1 aliphatic rings. The third kappa shape index (κ3) is 2.39. The third-order valence-electron chi connectivity index (χ3n) is 3.84. The summed E-state index contributed by atoms with van der Waals surface area (Å²) in [5.74, 6) is 1.45. The van der Waals surface area contributed by atoms with Gasteiger partial charge < -0.3 is 10.5 Å². The number of hydrogen-bond acceptors (Lipinski definition) is 3. The molecular formula is C17H17NO2. The number of ether oxygens (including phenoxy) is 1. The number of Topliss-reactive ketones (excluding diaryl/α,β-unsaturated/α-hetero) is 1. The van der Waals surface area contributed by atoms with Crippen LogP contribution >= 0.6 is 0 Å². The Labute approximate surface area is 118 Å². The number of nitrogen functional groups attached to an aromatic ring is 1. The van der Waals surface area contributed by atoms with Gasteiger partial charge in [-0.3, -0.25) is 4.79 Å². The molecule has 0 heterocycles. The van der Waals surface area contributed by atoms with Gasteiger partial charge in [0.05, 0.1) is 7.11 Å². The number of ketones is 1. The largest absolute Gasteiger partial charge is 0.497 e. The van der Waals surface area contributed by atoms with E-state index in [-0.39, 0.29) is 11.7 Å². The van der Waals surface area contributed by atoms with Crippen molar-refractivity contribution in [3.05, 3.63) is 59.7 Å². The second kappa shape index (κ2) is 5.00. The fourth-order valence-electron chi connectivity index (χ4n) is 2.61. The molecule has 2 unspecified atom stereocenters. The normalized spacial score (nSPS) is 20.4. The molecule has 0 amide bonds. The predicted octanol–water partition coefficient (Wildman–Crippen LogP) is 3.26. The van der Waals surface area contributed by atoms with Crippen LogP contribution < -0.4 is 10.5 Å². The quantitative estimate of drug-likeness (QED) is 0.683. The monoisotopic (exact) mass is 267 g/mol. The molecule has 2 atom stereocenters. The van der Waals surface area contributed by atoms with Crippen molar-refractivity contribution < 1.29 is 9.53 Å². The Morgan fingerprint density at radius 2 is 1.95 bits per heavy atom. The zero-order valence-corrected chi connectivity index (χ0v) is 11.4. The Bertz CT molecular complexity index is 634. The minimum atomic E-state index is 0.0881. The van der Waals surface area contributed by atoms with Gasteiger partial charge in [0.1, 0.15) is 5.75 Å². The first-order valence-corrected chi connectivity index (χ1v) is 6.73. The fraction of sp³-hybridized carbons (Fsp3) is 0.235. The van der Waals surface area contributed by atoms with E-state index in [4.69, 9.17) is 10.5 Å². The third-order valence-corrected chi connectivity index (χ3v) is 3.84. The second-order valence-electron chi connectivity index (χ2n) is 5.21. The average Bonchev–Trinajstić information content (AvgIpc) is 3.27. The van der Waals surface area contributed by atoms with Crippen LogP contribution in [0, 0.1) is 5.92 Å². The maximum Gasteiger partial charge on any atom is 0.166 e. The molecule has 20 heavy (non-hydrogen) atoms. The Kier molecular flexibility index (Phi) is 3.18. The molecule has 2 N–H and O–H groups in total. The van der Waals surface area contributed by atoms with Crippen LogP contribution in [0.4, 0.5) is 5.69 Å². The van der Waals surface area contributed by atoms with Gasteiger partial charge >= 0.3 is 0 Å². The van der Waals surface area contributed by atoms with Crippen LogP contribution in [-0.4, -0.2) is 12.9 Å². The second-order valence-corrected chi connectivity index (χ2v) is 5.21. The molecule has 0 radical (unpaired) electrons. The molecule has 3 nitrogen and oxygen atoms in total. The summed E-state index contributed by atoms with van der Waals surface area (Å²) < 4.78 is 5.15. The zero-order valence-electron chi connectivity index (χ0n) is 11.4. The summed E-state index contributed by atoms with van der Waals surface area (Å²) in [6.45, 7) is 0. The van der Waals surface area contributed by atoms with E-state index in [9.17, 15) is 4.79 Å². The van der Waals surface area contributed by atoms with Gasteiger partial charge in [0.2, 0.25) is 0 Å².